The lowest BCUT2D eigenvalue weighted by atomic mass is 10.1. The molecule has 2 nitrogen and oxygen atoms in total. The number of allylic oxidation sites excluding steroid dienone is 4. The van der Waals surface area contributed by atoms with E-state index in [1.165, 1.54) is 0 Å². The highest BCUT2D eigenvalue weighted by Gasteiger charge is 2.12. The van der Waals surface area contributed by atoms with Crippen LogP contribution in [-0.2, 0) is 0 Å². The Labute approximate surface area is 138 Å². The van der Waals surface area contributed by atoms with Crippen molar-refractivity contribution in [3.05, 3.63) is 57.9 Å². The summed E-state index contributed by atoms with van der Waals surface area (Å²) < 4.78 is 1.67. The van der Waals surface area contributed by atoms with Gasteiger partial charge in [-0.25, -0.2) is 0 Å². The predicted octanol–water partition coefficient (Wildman–Crippen LogP) is 5.45. The van der Waals surface area contributed by atoms with E-state index in [0.29, 0.717) is 5.03 Å². The first-order valence-corrected chi connectivity index (χ1v) is 8.10. The van der Waals surface area contributed by atoms with Gasteiger partial charge in [0, 0.05) is 5.70 Å². The number of fused-ring (bicyclic) bond motifs is 1. The van der Waals surface area contributed by atoms with Crippen molar-refractivity contribution in [3.8, 4) is 0 Å². The summed E-state index contributed by atoms with van der Waals surface area (Å²) in [5, 5.41) is 2.35. The van der Waals surface area contributed by atoms with Gasteiger partial charge in [-0.3, -0.25) is 9.36 Å². The van der Waals surface area contributed by atoms with Crippen LogP contribution in [0.2, 0.25) is 0 Å². The Morgan fingerprint density at radius 3 is 2.36 bits per heavy atom. The van der Waals surface area contributed by atoms with E-state index in [4.69, 9.17) is 0 Å². The summed E-state index contributed by atoms with van der Waals surface area (Å²) >= 11 is 4.50. The van der Waals surface area contributed by atoms with Crippen molar-refractivity contribution in [2.45, 2.75) is 46.6 Å². The smallest absolute Gasteiger partial charge is 0.264 e. The van der Waals surface area contributed by atoms with Gasteiger partial charge in [0.05, 0.1) is 10.4 Å². The van der Waals surface area contributed by atoms with Crippen molar-refractivity contribution in [3.63, 3.8) is 0 Å². The van der Waals surface area contributed by atoms with Crippen LogP contribution in [0, 0.1) is 6.92 Å². The maximum absolute atomic E-state index is 12.8. The van der Waals surface area contributed by atoms with Gasteiger partial charge in [0.1, 0.15) is 0 Å². The van der Waals surface area contributed by atoms with E-state index < -0.39 is 0 Å². The van der Waals surface area contributed by atoms with Crippen molar-refractivity contribution in [2.75, 3.05) is 0 Å². The number of pyridine rings is 1. The van der Waals surface area contributed by atoms with Gasteiger partial charge in [-0.05, 0) is 50.3 Å². The van der Waals surface area contributed by atoms with E-state index in [-0.39, 0.29) is 5.56 Å². The molecule has 0 spiro atoms. The summed E-state index contributed by atoms with van der Waals surface area (Å²) in [5.41, 5.74) is 2.91. The molecule has 0 saturated carbocycles. The number of hydrogen-bond acceptors (Lipinski definition) is 2. The van der Waals surface area contributed by atoms with E-state index in [1.807, 2.05) is 78.0 Å². The summed E-state index contributed by atoms with van der Waals surface area (Å²) in [4.78, 5) is 12.8. The number of aromatic nitrogens is 1. The van der Waals surface area contributed by atoms with Gasteiger partial charge >= 0.3 is 0 Å². The lowest BCUT2D eigenvalue weighted by Crippen LogP contribution is -2.21. The maximum Gasteiger partial charge on any atom is 0.264 e. The Morgan fingerprint density at radius 1 is 1.18 bits per heavy atom. The minimum Gasteiger partial charge on any atom is -0.271 e. The second kappa shape index (κ2) is 8.04. The molecule has 22 heavy (non-hydrogen) atoms. The molecule has 118 valence electrons. The second-order valence-corrected chi connectivity index (χ2v) is 5.29. The first-order valence-electron chi connectivity index (χ1n) is 7.65. The van der Waals surface area contributed by atoms with Crippen LogP contribution in [0.15, 0.2) is 51.8 Å². The van der Waals surface area contributed by atoms with E-state index in [2.05, 4.69) is 12.6 Å². The van der Waals surface area contributed by atoms with Gasteiger partial charge in [-0.2, -0.15) is 0 Å². The fourth-order valence-electron chi connectivity index (χ4n) is 2.44. The van der Waals surface area contributed by atoms with Crippen molar-refractivity contribution >= 4 is 29.1 Å². The first kappa shape index (κ1) is 18.3. The number of hydrogen-bond donors (Lipinski definition) is 1. The van der Waals surface area contributed by atoms with E-state index in [0.717, 1.165) is 27.6 Å². The van der Waals surface area contributed by atoms with Crippen LogP contribution in [0.5, 0.6) is 0 Å². The molecule has 1 heterocycles. The van der Waals surface area contributed by atoms with Crippen LogP contribution in [0.1, 0.15) is 40.2 Å². The van der Waals surface area contributed by atoms with E-state index >= 15 is 0 Å². The zero-order valence-electron chi connectivity index (χ0n) is 14.3. The van der Waals surface area contributed by atoms with Gasteiger partial charge < -0.3 is 0 Å². The largest absolute Gasteiger partial charge is 0.271 e. The molecule has 0 fully saturated rings. The van der Waals surface area contributed by atoms with Crippen LogP contribution in [0.25, 0.3) is 16.5 Å². The van der Waals surface area contributed by atoms with E-state index in [1.54, 1.807) is 4.57 Å². The molecular formula is C19H25NOS. The normalized spacial score (nSPS) is 12.1. The molecule has 0 amide bonds. The molecule has 0 aliphatic rings. The van der Waals surface area contributed by atoms with Crippen LogP contribution in [-0.4, -0.2) is 4.57 Å². The summed E-state index contributed by atoms with van der Waals surface area (Å²) in [7, 11) is 0. The van der Waals surface area contributed by atoms with Crippen LogP contribution in [0.3, 0.4) is 0 Å². The second-order valence-electron chi connectivity index (χ2n) is 4.83. The molecule has 2 rings (SSSR count). The monoisotopic (exact) mass is 315 g/mol. The molecule has 1 aromatic carbocycles. The molecule has 3 heteroatoms. The Hall–Kier alpha value is -1.74. The molecule has 0 saturated heterocycles. The van der Waals surface area contributed by atoms with Crippen molar-refractivity contribution in [1.82, 2.24) is 4.57 Å². The fraction of sp³-hybridized carbons (Fsp3) is 0.316. The van der Waals surface area contributed by atoms with Gasteiger partial charge in [0.25, 0.3) is 5.56 Å². The van der Waals surface area contributed by atoms with E-state index in [9.17, 15) is 4.79 Å². The Balaban J connectivity index is 0.00000116. The van der Waals surface area contributed by atoms with Crippen LogP contribution in [0.4, 0.5) is 0 Å². The lowest BCUT2D eigenvalue weighted by Gasteiger charge is -2.15. The quantitative estimate of drug-likeness (QED) is 0.577. The van der Waals surface area contributed by atoms with Crippen molar-refractivity contribution in [1.29, 1.82) is 0 Å². The summed E-state index contributed by atoms with van der Waals surface area (Å²) in [5.74, 6) is 0. The number of aryl methyl sites for hydroxylation is 1. The number of rotatable bonds is 2. The molecular weight excluding hydrogens is 290 g/mol. The number of nitrogens with zero attached hydrogens (tertiary/aromatic N) is 1. The molecule has 0 atom stereocenters. The standard InChI is InChI=1S/C17H19NOS.C2H6/c1-5-11(3)14(6-2)18-15(20)10-13-9-7-8-12(4)16(13)17(18)19;1-2/h5-10,20H,1-4H3;1-2H3/b11-5-,14-6+;. The van der Waals surface area contributed by atoms with Gasteiger partial charge in [-0.1, -0.05) is 44.2 Å². The molecule has 2 aromatic rings. The zero-order chi connectivity index (χ0) is 16.9. The van der Waals surface area contributed by atoms with Gasteiger partial charge in [-0.15, -0.1) is 12.6 Å². The first-order chi connectivity index (χ1) is 10.5. The molecule has 0 aliphatic heterocycles. The van der Waals surface area contributed by atoms with Crippen molar-refractivity contribution < 1.29 is 0 Å². The lowest BCUT2D eigenvalue weighted by molar-refractivity contribution is 0.912. The summed E-state index contributed by atoms with van der Waals surface area (Å²) in [6, 6.07) is 7.82. The molecule has 0 aliphatic carbocycles. The third-order valence-corrected chi connectivity index (χ3v) is 3.92. The third-order valence-electron chi connectivity index (χ3n) is 3.59. The number of benzene rings is 1. The average Bonchev–Trinajstić information content (AvgIpc) is 2.52. The Kier molecular flexibility index (Phi) is 6.69. The molecule has 0 unspecified atom stereocenters. The topological polar surface area (TPSA) is 22.0 Å². The van der Waals surface area contributed by atoms with Gasteiger partial charge in [0.15, 0.2) is 0 Å². The van der Waals surface area contributed by atoms with Crippen LogP contribution >= 0.6 is 12.6 Å². The Bertz CT molecular complexity index is 782. The minimum absolute atomic E-state index is 0.0140. The van der Waals surface area contributed by atoms with Crippen LogP contribution < -0.4 is 5.56 Å². The average molecular weight is 315 g/mol. The molecule has 0 N–H and O–H groups in total. The Morgan fingerprint density at radius 2 is 1.82 bits per heavy atom. The predicted molar refractivity (Wildman–Crippen MR) is 101 cm³/mol. The number of thiol groups is 1. The maximum atomic E-state index is 12.8. The SMILES string of the molecule is C/C=C(C)\C(=C/C)n1c(S)cc2cccc(C)c2c1=O.CC. The zero-order valence-corrected chi connectivity index (χ0v) is 15.2. The fourth-order valence-corrected chi connectivity index (χ4v) is 2.77. The summed E-state index contributed by atoms with van der Waals surface area (Å²) in [6.45, 7) is 11.9. The molecule has 0 radical (unpaired) electrons. The summed E-state index contributed by atoms with van der Waals surface area (Å²) in [6.07, 6.45) is 3.94. The highest BCUT2D eigenvalue weighted by Crippen LogP contribution is 2.23. The molecule has 1 aromatic heterocycles. The van der Waals surface area contributed by atoms with Gasteiger partial charge in [0.2, 0.25) is 0 Å². The third kappa shape index (κ3) is 3.36. The molecule has 0 bridgehead atoms. The highest BCUT2D eigenvalue weighted by molar-refractivity contribution is 7.80. The minimum atomic E-state index is -0.0140. The van der Waals surface area contributed by atoms with Crippen molar-refractivity contribution in [2.24, 2.45) is 0 Å². The highest BCUT2D eigenvalue weighted by atomic mass is 32.1.